The van der Waals surface area contributed by atoms with Gasteiger partial charge in [-0.3, -0.25) is 0 Å². The summed E-state index contributed by atoms with van der Waals surface area (Å²) in [6.45, 7) is 10.0. The molecule has 0 saturated carbocycles. The zero-order valence-corrected chi connectivity index (χ0v) is 8.15. The topological polar surface area (TPSA) is 0 Å². The van der Waals surface area contributed by atoms with E-state index in [1.165, 1.54) is 0 Å². The minimum Gasteiger partial charge on any atom is -1.00 e. The first-order chi connectivity index (χ1) is 2.00. The van der Waals surface area contributed by atoms with Gasteiger partial charge in [-0.1, -0.05) is 0 Å². The Labute approximate surface area is 77.1 Å². The first-order valence-corrected chi connectivity index (χ1v) is 1.41. The maximum atomic E-state index is 3.25. The van der Waals surface area contributed by atoms with Gasteiger partial charge >= 0.3 is 46.9 Å². The molecule has 0 spiro atoms. The molecule has 0 bridgehead atoms. The summed E-state index contributed by atoms with van der Waals surface area (Å²) in [4.78, 5) is 0. The summed E-state index contributed by atoms with van der Waals surface area (Å²) in [5, 5.41) is 0. The van der Waals surface area contributed by atoms with Crippen molar-refractivity contribution in [2.75, 3.05) is 0 Å². The molecular formula is C4H12AlNa. The monoisotopic (exact) mass is 110 g/mol. The van der Waals surface area contributed by atoms with Crippen molar-refractivity contribution in [1.82, 2.24) is 0 Å². The summed E-state index contributed by atoms with van der Waals surface area (Å²) in [7, 11) is 0. The van der Waals surface area contributed by atoms with Gasteiger partial charge in [0.2, 0.25) is 0 Å². The summed E-state index contributed by atoms with van der Waals surface area (Å²) < 4.78 is 0. The van der Waals surface area contributed by atoms with Gasteiger partial charge in [-0.2, -0.15) is 13.8 Å². The molecule has 0 atom stereocenters. The molecule has 0 fully saturated rings. The average molecular weight is 110 g/mol. The van der Waals surface area contributed by atoms with Crippen molar-refractivity contribution in [3.05, 3.63) is 13.8 Å². The Morgan fingerprint density at radius 1 is 1.00 bits per heavy atom. The number of hydrogen-bond acceptors (Lipinski definition) is 0. The van der Waals surface area contributed by atoms with Crippen LogP contribution in [0, 0.1) is 13.8 Å². The molecule has 0 aromatic heterocycles. The summed E-state index contributed by atoms with van der Waals surface area (Å²) in [6.07, 6.45) is 0. The van der Waals surface area contributed by atoms with Crippen molar-refractivity contribution in [3.8, 4) is 0 Å². The molecule has 2 heteroatoms. The van der Waals surface area contributed by atoms with Crippen molar-refractivity contribution in [3.63, 3.8) is 0 Å². The van der Waals surface area contributed by atoms with Crippen molar-refractivity contribution >= 4 is 17.4 Å². The molecule has 0 amide bonds. The molecule has 0 N–H and O–H groups in total. The van der Waals surface area contributed by atoms with Gasteiger partial charge in [0.15, 0.2) is 0 Å². The summed E-state index contributed by atoms with van der Waals surface area (Å²) in [6, 6.07) is 0. The van der Waals surface area contributed by atoms with Crippen LogP contribution in [-0.4, -0.2) is 17.4 Å². The second-order valence-corrected chi connectivity index (χ2v) is 0. The van der Waals surface area contributed by atoms with Crippen LogP contribution in [0.2, 0.25) is 0 Å². The van der Waals surface area contributed by atoms with E-state index in [9.17, 15) is 0 Å². The average Bonchev–Trinajstić information content (AvgIpc) is 1.50. The van der Waals surface area contributed by atoms with Gasteiger partial charge in [0.05, 0.1) is 0 Å². The molecule has 0 aromatic carbocycles. The van der Waals surface area contributed by atoms with E-state index in [0.29, 0.717) is 0 Å². The fraction of sp³-hybridized carbons (Fsp3) is 0.500. The van der Waals surface area contributed by atoms with Gasteiger partial charge in [0, 0.05) is 0 Å². The third kappa shape index (κ3) is 48.4. The molecule has 32 valence electrons. The number of hydrogen-bond donors (Lipinski definition) is 0. The van der Waals surface area contributed by atoms with Gasteiger partial charge in [-0.25, -0.2) is 0 Å². The van der Waals surface area contributed by atoms with E-state index in [-0.39, 0.29) is 49.8 Å². The molecule has 0 heterocycles. The van der Waals surface area contributed by atoms with Crippen molar-refractivity contribution in [1.29, 1.82) is 0 Å². The minimum absolute atomic E-state index is 0. The predicted molar refractivity (Wildman–Crippen MR) is 30.0 cm³/mol. The Kier molecular flexibility index (Phi) is 366. The summed E-state index contributed by atoms with van der Waals surface area (Å²) in [5.41, 5.74) is 0. The molecular weight excluding hydrogens is 98.0 g/mol. The molecule has 0 unspecified atom stereocenters. The minimum atomic E-state index is 0. The van der Waals surface area contributed by atoms with Gasteiger partial charge in [-0.15, -0.1) is 0 Å². The quantitative estimate of drug-likeness (QED) is 0.264. The van der Waals surface area contributed by atoms with Crippen LogP contribution in [0.25, 0.3) is 0 Å². The van der Waals surface area contributed by atoms with E-state index in [1.807, 2.05) is 0 Å². The molecule has 0 nitrogen and oxygen atoms in total. The van der Waals surface area contributed by atoms with E-state index in [1.54, 1.807) is 13.8 Å². The van der Waals surface area contributed by atoms with E-state index in [0.717, 1.165) is 0 Å². The van der Waals surface area contributed by atoms with Gasteiger partial charge in [0.1, 0.15) is 0 Å². The summed E-state index contributed by atoms with van der Waals surface area (Å²) >= 11 is 0. The fourth-order valence-corrected chi connectivity index (χ4v) is 0. The van der Waals surface area contributed by atoms with Crippen LogP contribution < -0.4 is 29.6 Å². The van der Waals surface area contributed by atoms with Crippen LogP contribution in [0.15, 0.2) is 0 Å². The summed E-state index contributed by atoms with van der Waals surface area (Å²) in [5.74, 6) is 0. The Morgan fingerprint density at radius 3 is 1.00 bits per heavy atom. The maximum absolute atomic E-state index is 3.25. The van der Waals surface area contributed by atoms with Crippen LogP contribution in [-0.2, 0) is 0 Å². The molecule has 0 radical (unpaired) electrons. The Bertz CT molecular complexity index is 14.0. The largest absolute Gasteiger partial charge is 3.00 e. The normalized spacial score (nSPS) is 2.00. The Hall–Kier alpha value is 1.53. The zero-order chi connectivity index (χ0) is 4.00. The Morgan fingerprint density at radius 2 is 1.00 bits per heavy atom. The first-order valence-electron chi connectivity index (χ1n) is 1.41. The van der Waals surface area contributed by atoms with Crippen LogP contribution in [0.3, 0.4) is 0 Å². The molecule has 0 saturated heterocycles. The van der Waals surface area contributed by atoms with E-state index < -0.39 is 0 Å². The van der Waals surface area contributed by atoms with Crippen molar-refractivity contribution in [2.24, 2.45) is 0 Å². The molecule has 6 heavy (non-hydrogen) atoms. The van der Waals surface area contributed by atoms with E-state index in [4.69, 9.17) is 0 Å². The van der Waals surface area contributed by atoms with E-state index >= 15 is 0 Å². The second-order valence-electron chi connectivity index (χ2n) is 0. The van der Waals surface area contributed by atoms with Crippen molar-refractivity contribution in [2.45, 2.75) is 13.8 Å². The maximum Gasteiger partial charge on any atom is 3.00 e. The second kappa shape index (κ2) is 85.1. The van der Waals surface area contributed by atoms with Gasteiger partial charge in [0.25, 0.3) is 0 Å². The fourth-order valence-electron chi connectivity index (χ4n) is 0. The Balaban J connectivity index is -0.00000000167. The smallest absolute Gasteiger partial charge is 1.00 e. The van der Waals surface area contributed by atoms with Gasteiger partial charge < -0.3 is 16.7 Å². The molecule has 0 aliphatic rings. The predicted octanol–water partition coefficient (Wildman–Crippen LogP) is -1.47. The van der Waals surface area contributed by atoms with E-state index in [2.05, 4.69) is 13.8 Å². The molecule has 0 rings (SSSR count). The molecule has 0 aliphatic heterocycles. The molecule has 0 aromatic rings. The third-order valence-corrected chi connectivity index (χ3v) is 0. The SMILES string of the molecule is [Al+3].[CH2-]C.[CH2-]C.[H-].[H-].[Na+]. The first kappa shape index (κ1) is 25.8. The third-order valence-electron chi connectivity index (χ3n) is 0. The van der Waals surface area contributed by atoms with Gasteiger partial charge in [-0.05, 0) is 0 Å². The standard InChI is InChI=1S/2C2H5.Al.Na.2H/c2*1-2;;;;/h2*1H2,2H3;;;;/q2*-1;+3;+1;2*-1. The van der Waals surface area contributed by atoms with Crippen LogP contribution in [0.5, 0.6) is 0 Å². The number of rotatable bonds is 0. The molecule has 0 aliphatic carbocycles. The van der Waals surface area contributed by atoms with Crippen LogP contribution in [0.1, 0.15) is 16.7 Å². The van der Waals surface area contributed by atoms with Crippen LogP contribution >= 0.6 is 0 Å². The van der Waals surface area contributed by atoms with Crippen LogP contribution in [0.4, 0.5) is 0 Å². The van der Waals surface area contributed by atoms with Crippen molar-refractivity contribution < 1.29 is 32.4 Å². The zero-order valence-electron chi connectivity index (χ0n) is 6.99.